The molecule has 68 valence electrons. The molecule has 0 saturated heterocycles. The summed E-state index contributed by atoms with van der Waals surface area (Å²) in [5.74, 6) is 0. The van der Waals surface area contributed by atoms with Crippen LogP contribution in [0.4, 0.5) is 0 Å². The van der Waals surface area contributed by atoms with Gasteiger partial charge < -0.3 is 15.4 Å². The van der Waals surface area contributed by atoms with Crippen molar-refractivity contribution in [1.82, 2.24) is 4.57 Å². The van der Waals surface area contributed by atoms with E-state index in [2.05, 4.69) is 0 Å². The lowest BCUT2D eigenvalue weighted by Crippen LogP contribution is -2.40. The average molecular weight is 168 g/mol. The first-order valence-corrected chi connectivity index (χ1v) is 4.05. The van der Waals surface area contributed by atoms with E-state index in [1.807, 2.05) is 30.1 Å². The second kappa shape index (κ2) is 2.92. The van der Waals surface area contributed by atoms with Crippen molar-refractivity contribution < 1.29 is 5.11 Å². The summed E-state index contributed by atoms with van der Waals surface area (Å²) in [6, 6.07) is 1.61. The van der Waals surface area contributed by atoms with Crippen molar-refractivity contribution in [2.75, 3.05) is 0 Å². The van der Waals surface area contributed by atoms with Crippen molar-refractivity contribution in [3.63, 3.8) is 0 Å². The van der Waals surface area contributed by atoms with E-state index in [9.17, 15) is 5.11 Å². The Labute approximate surface area is 72.8 Å². The van der Waals surface area contributed by atoms with E-state index in [1.54, 1.807) is 13.8 Å². The molecule has 1 heterocycles. The molecule has 2 unspecified atom stereocenters. The standard InChI is InChI=1S/C9H16N2O/c1-7(10)9(2,12)8-4-5-11(3)6-8/h4-7,12H,10H2,1-3H3. The minimum absolute atomic E-state index is 0.264. The molecule has 0 aliphatic heterocycles. The van der Waals surface area contributed by atoms with Crippen LogP contribution in [-0.4, -0.2) is 15.7 Å². The van der Waals surface area contributed by atoms with Crippen LogP contribution in [0.3, 0.4) is 0 Å². The SMILES string of the molecule is CC(N)C(C)(O)c1ccn(C)c1. The first-order chi connectivity index (χ1) is 5.44. The average Bonchev–Trinajstić information content (AvgIpc) is 2.35. The van der Waals surface area contributed by atoms with Gasteiger partial charge in [-0.1, -0.05) is 0 Å². The summed E-state index contributed by atoms with van der Waals surface area (Å²) in [6.45, 7) is 3.53. The molecule has 0 saturated carbocycles. The largest absolute Gasteiger partial charge is 0.384 e. The number of nitrogens with zero attached hydrogens (tertiary/aromatic N) is 1. The van der Waals surface area contributed by atoms with Gasteiger partial charge in [-0.3, -0.25) is 0 Å². The fourth-order valence-corrected chi connectivity index (χ4v) is 1.07. The van der Waals surface area contributed by atoms with Crippen molar-refractivity contribution in [2.24, 2.45) is 12.8 Å². The zero-order valence-electron chi connectivity index (χ0n) is 7.78. The molecular formula is C9H16N2O. The maximum Gasteiger partial charge on any atom is 0.103 e. The van der Waals surface area contributed by atoms with E-state index in [-0.39, 0.29) is 6.04 Å². The third-order valence-electron chi connectivity index (χ3n) is 2.30. The van der Waals surface area contributed by atoms with Gasteiger partial charge in [-0.25, -0.2) is 0 Å². The number of aryl methyl sites for hydroxylation is 1. The Bertz CT molecular complexity index is 263. The fraction of sp³-hybridized carbons (Fsp3) is 0.556. The lowest BCUT2D eigenvalue weighted by Gasteiger charge is -2.26. The lowest BCUT2D eigenvalue weighted by molar-refractivity contribution is 0.0349. The maximum atomic E-state index is 9.94. The molecule has 2 atom stereocenters. The van der Waals surface area contributed by atoms with Gasteiger partial charge in [0.15, 0.2) is 0 Å². The topological polar surface area (TPSA) is 51.2 Å². The molecule has 0 aromatic carbocycles. The number of aliphatic hydroxyl groups is 1. The van der Waals surface area contributed by atoms with E-state index in [0.717, 1.165) is 5.56 Å². The minimum atomic E-state index is -0.929. The number of hydrogen-bond donors (Lipinski definition) is 2. The number of rotatable bonds is 2. The van der Waals surface area contributed by atoms with Gasteiger partial charge in [0.25, 0.3) is 0 Å². The van der Waals surface area contributed by atoms with Crippen LogP contribution in [0, 0.1) is 0 Å². The smallest absolute Gasteiger partial charge is 0.103 e. The number of nitrogens with two attached hydrogens (primary N) is 1. The van der Waals surface area contributed by atoms with Crippen LogP contribution in [0.5, 0.6) is 0 Å². The molecule has 3 nitrogen and oxygen atoms in total. The van der Waals surface area contributed by atoms with Gasteiger partial charge in [0, 0.05) is 31.0 Å². The highest BCUT2D eigenvalue weighted by Gasteiger charge is 2.28. The molecular weight excluding hydrogens is 152 g/mol. The molecule has 0 spiro atoms. The van der Waals surface area contributed by atoms with Crippen molar-refractivity contribution in [1.29, 1.82) is 0 Å². The third-order valence-corrected chi connectivity index (χ3v) is 2.30. The Kier molecular flexibility index (Phi) is 2.26. The highest BCUT2D eigenvalue weighted by atomic mass is 16.3. The van der Waals surface area contributed by atoms with Crippen molar-refractivity contribution in [3.05, 3.63) is 24.0 Å². The fourth-order valence-electron chi connectivity index (χ4n) is 1.07. The van der Waals surface area contributed by atoms with Crippen molar-refractivity contribution in [2.45, 2.75) is 25.5 Å². The molecule has 1 aromatic heterocycles. The van der Waals surface area contributed by atoms with Crippen LogP contribution in [0.25, 0.3) is 0 Å². The molecule has 0 amide bonds. The van der Waals surface area contributed by atoms with E-state index in [1.165, 1.54) is 0 Å². The molecule has 0 fully saturated rings. The van der Waals surface area contributed by atoms with Crippen molar-refractivity contribution in [3.8, 4) is 0 Å². The van der Waals surface area contributed by atoms with Gasteiger partial charge in [-0.2, -0.15) is 0 Å². The summed E-state index contributed by atoms with van der Waals surface area (Å²) in [6.07, 6.45) is 3.77. The van der Waals surface area contributed by atoms with Crippen LogP contribution >= 0.6 is 0 Å². The molecule has 12 heavy (non-hydrogen) atoms. The van der Waals surface area contributed by atoms with E-state index >= 15 is 0 Å². The number of aromatic nitrogens is 1. The lowest BCUT2D eigenvalue weighted by atomic mass is 9.92. The Morgan fingerprint density at radius 2 is 2.25 bits per heavy atom. The molecule has 0 aliphatic rings. The van der Waals surface area contributed by atoms with E-state index < -0.39 is 5.60 Å². The molecule has 0 radical (unpaired) electrons. The predicted octanol–water partition coefficient (Wildman–Crippen LogP) is 0.580. The van der Waals surface area contributed by atoms with Gasteiger partial charge in [0.05, 0.1) is 0 Å². The van der Waals surface area contributed by atoms with Gasteiger partial charge in [0.1, 0.15) is 5.60 Å². The summed E-state index contributed by atoms with van der Waals surface area (Å²) >= 11 is 0. The molecule has 1 aromatic rings. The second-order valence-corrected chi connectivity index (χ2v) is 3.50. The Hall–Kier alpha value is -0.800. The van der Waals surface area contributed by atoms with Crippen LogP contribution < -0.4 is 5.73 Å². The highest BCUT2D eigenvalue weighted by molar-refractivity contribution is 5.20. The van der Waals surface area contributed by atoms with Crippen molar-refractivity contribution >= 4 is 0 Å². The summed E-state index contributed by atoms with van der Waals surface area (Å²) in [4.78, 5) is 0. The Balaban J connectivity index is 2.97. The van der Waals surface area contributed by atoms with Crippen LogP contribution in [-0.2, 0) is 12.6 Å². The zero-order chi connectivity index (χ0) is 9.35. The normalized spacial score (nSPS) is 18.8. The van der Waals surface area contributed by atoms with Gasteiger partial charge >= 0.3 is 0 Å². The second-order valence-electron chi connectivity index (χ2n) is 3.50. The Morgan fingerprint density at radius 3 is 2.58 bits per heavy atom. The summed E-state index contributed by atoms with van der Waals surface area (Å²) in [5.41, 5.74) is 5.58. The van der Waals surface area contributed by atoms with E-state index in [0.29, 0.717) is 0 Å². The Morgan fingerprint density at radius 1 is 1.67 bits per heavy atom. The van der Waals surface area contributed by atoms with Crippen LogP contribution in [0.15, 0.2) is 18.5 Å². The molecule has 0 bridgehead atoms. The first kappa shape index (κ1) is 9.29. The number of hydrogen-bond acceptors (Lipinski definition) is 2. The molecule has 0 aliphatic carbocycles. The molecule has 3 heteroatoms. The van der Waals surface area contributed by atoms with Gasteiger partial charge in [-0.15, -0.1) is 0 Å². The maximum absolute atomic E-state index is 9.94. The third kappa shape index (κ3) is 1.52. The summed E-state index contributed by atoms with van der Waals surface area (Å²) in [5, 5.41) is 9.94. The van der Waals surface area contributed by atoms with Crippen LogP contribution in [0.1, 0.15) is 19.4 Å². The minimum Gasteiger partial charge on any atom is -0.384 e. The summed E-state index contributed by atoms with van der Waals surface area (Å²) in [7, 11) is 1.92. The predicted molar refractivity (Wildman–Crippen MR) is 48.6 cm³/mol. The first-order valence-electron chi connectivity index (χ1n) is 4.05. The van der Waals surface area contributed by atoms with Gasteiger partial charge in [0.2, 0.25) is 0 Å². The zero-order valence-corrected chi connectivity index (χ0v) is 7.78. The molecule has 3 N–H and O–H groups in total. The highest BCUT2D eigenvalue weighted by Crippen LogP contribution is 2.22. The monoisotopic (exact) mass is 168 g/mol. The summed E-state index contributed by atoms with van der Waals surface area (Å²) < 4.78 is 1.90. The van der Waals surface area contributed by atoms with Crippen LogP contribution in [0.2, 0.25) is 0 Å². The van der Waals surface area contributed by atoms with Gasteiger partial charge in [-0.05, 0) is 19.9 Å². The van der Waals surface area contributed by atoms with E-state index in [4.69, 9.17) is 5.73 Å². The quantitative estimate of drug-likeness (QED) is 0.678. The molecule has 1 rings (SSSR count).